The van der Waals surface area contributed by atoms with E-state index in [1.54, 1.807) is 41.3 Å². The molecule has 1 aromatic heterocycles. The number of fused-ring (bicyclic) bond motifs is 1. The zero-order valence-corrected chi connectivity index (χ0v) is 16.8. The number of carbonyl (C=O) groups is 1. The molecule has 7 nitrogen and oxygen atoms in total. The van der Waals surface area contributed by atoms with Gasteiger partial charge in [0.15, 0.2) is 0 Å². The molecule has 150 valence electrons. The third kappa shape index (κ3) is 3.94. The molecule has 0 bridgehead atoms. The molecule has 0 spiro atoms. The van der Waals surface area contributed by atoms with Crippen molar-refractivity contribution in [2.75, 3.05) is 13.1 Å². The lowest BCUT2D eigenvalue weighted by molar-refractivity contribution is 0.148. The number of halogens is 2. The molecular formula is C20H18Cl2N4O3. The highest BCUT2D eigenvalue weighted by molar-refractivity contribution is 6.31. The Kier molecular flexibility index (Phi) is 5.45. The predicted octanol–water partition coefficient (Wildman–Crippen LogP) is 3.82. The zero-order valence-electron chi connectivity index (χ0n) is 15.3. The van der Waals surface area contributed by atoms with Crippen LogP contribution in [0.25, 0.3) is 22.3 Å². The molecule has 1 saturated heterocycles. The van der Waals surface area contributed by atoms with E-state index in [0.29, 0.717) is 39.6 Å². The Morgan fingerprint density at radius 1 is 1.24 bits per heavy atom. The minimum atomic E-state index is -0.489. The van der Waals surface area contributed by atoms with Gasteiger partial charge in [-0.25, -0.2) is 9.78 Å². The van der Waals surface area contributed by atoms with Gasteiger partial charge in [-0.3, -0.25) is 4.79 Å². The average molecular weight is 433 g/mol. The third-order valence-corrected chi connectivity index (χ3v) is 5.42. The van der Waals surface area contributed by atoms with Crippen molar-refractivity contribution in [3.05, 3.63) is 56.8 Å². The van der Waals surface area contributed by atoms with E-state index in [1.807, 2.05) is 0 Å². The number of benzene rings is 2. The average Bonchev–Trinajstić information content (AvgIpc) is 3.19. The summed E-state index contributed by atoms with van der Waals surface area (Å²) in [6.07, 6.45) is 1.24. The van der Waals surface area contributed by atoms with Gasteiger partial charge in [0.1, 0.15) is 11.6 Å². The first-order valence-corrected chi connectivity index (χ1v) is 9.90. The van der Waals surface area contributed by atoms with Gasteiger partial charge in [-0.1, -0.05) is 23.2 Å². The second-order valence-corrected chi connectivity index (χ2v) is 7.68. The Labute approximate surface area is 176 Å². The van der Waals surface area contributed by atoms with Crippen LogP contribution in [0, 0.1) is 0 Å². The molecule has 3 N–H and O–H groups in total. The van der Waals surface area contributed by atoms with Gasteiger partial charge in [-0.05, 0) is 49.2 Å². The van der Waals surface area contributed by atoms with Gasteiger partial charge < -0.3 is 20.4 Å². The number of likely N-dealkylation sites (tertiary alicyclic amines) is 1. The molecule has 1 fully saturated rings. The van der Waals surface area contributed by atoms with Crippen LogP contribution < -0.4 is 16.0 Å². The van der Waals surface area contributed by atoms with Crippen LogP contribution in [0.4, 0.5) is 4.79 Å². The summed E-state index contributed by atoms with van der Waals surface area (Å²) >= 11 is 12.1. The maximum Gasteiger partial charge on any atom is 0.415 e. The number of nitrogens with two attached hydrogens (primary N) is 1. The number of nitrogens with zero attached hydrogens (tertiary/aromatic N) is 2. The van der Waals surface area contributed by atoms with Crippen molar-refractivity contribution in [3.63, 3.8) is 0 Å². The Morgan fingerprint density at radius 2 is 2.00 bits per heavy atom. The third-order valence-electron chi connectivity index (χ3n) is 4.95. The second-order valence-electron chi connectivity index (χ2n) is 6.81. The molecule has 1 atom stereocenters. The van der Waals surface area contributed by atoms with Crippen molar-refractivity contribution in [3.8, 4) is 17.1 Å². The van der Waals surface area contributed by atoms with Crippen LogP contribution in [-0.2, 0) is 0 Å². The monoisotopic (exact) mass is 432 g/mol. The van der Waals surface area contributed by atoms with Gasteiger partial charge in [0.2, 0.25) is 0 Å². The molecule has 1 aliphatic rings. The fraction of sp³-hybridized carbons (Fsp3) is 0.250. The van der Waals surface area contributed by atoms with Gasteiger partial charge in [0.05, 0.1) is 16.5 Å². The molecule has 4 rings (SSSR count). The largest absolute Gasteiger partial charge is 0.415 e. The topological polar surface area (TPSA) is 101 Å². The number of hydrogen-bond acceptors (Lipinski definition) is 5. The van der Waals surface area contributed by atoms with Crippen molar-refractivity contribution < 1.29 is 9.53 Å². The van der Waals surface area contributed by atoms with Gasteiger partial charge in [-0.15, -0.1) is 0 Å². The van der Waals surface area contributed by atoms with E-state index in [9.17, 15) is 9.59 Å². The molecule has 0 aliphatic carbocycles. The molecule has 1 unspecified atom stereocenters. The lowest BCUT2D eigenvalue weighted by Crippen LogP contribution is -2.41. The van der Waals surface area contributed by atoms with Crippen LogP contribution in [0.15, 0.2) is 41.2 Å². The van der Waals surface area contributed by atoms with Gasteiger partial charge in [-0.2, -0.15) is 0 Å². The number of hydrogen-bond donors (Lipinski definition) is 2. The summed E-state index contributed by atoms with van der Waals surface area (Å²) in [6.45, 7) is 0.972. The summed E-state index contributed by atoms with van der Waals surface area (Å²) in [5, 5.41) is 1.22. The number of H-pyrrole nitrogens is 1. The summed E-state index contributed by atoms with van der Waals surface area (Å²) in [5.74, 6) is 0.491. The van der Waals surface area contributed by atoms with Crippen LogP contribution in [0.5, 0.6) is 5.75 Å². The molecule has 2 aromatic carbocycles. The van der Waals surface area contributed by atoms with E-state index in [0.717, 1.165) is 12.8 Å². The van der Waals surface area contributed by atoms with Crippen LogP contribution in [0.3, 0.4) is 0 Å². The van der Waals surface area contributed by atoms with Gasteiger partial charge >= 0.3 is 6.09 Å². The zero-order chi connectivity index (χ0) is 20.5. The van der Waals surface area contributed by atoms with Gasteiger partial charge in [0, 0.05) is 29.2 Å². The lowest BCUT2D eigenvalue weighted by atomic mass is 10.1. The maximum absolute atomic E-state index is 12.7. The number of carbonyl (C=O) groups excluding carboxylic acids is 1. The predicted molar refractivity (Wildman–Crippen MR) is 113 cm³/mol. The minimum Gasteiger partial charge on any atom is -0.409 e. The number of rotatable bonds is 3. The normalized spacial score (nSPS) is 16.4. The summed E-state index contributed by atoms with van der Waals surface area (Å²) in [7, 11) is 0. The molecular weight excluding hydrogens is 415 g/mol. The van der Waals surface area contributed by atoms with Crippen molar-refractivity contribution in [2.24, 2.45) is 5.73 Å². The van der Waals surface area contributed by atoms with E-state index in [-0.39, 0.29) is 23.2 Å². The van der Waals surface area contributed by atoms with Crippen molar-refractivity contribution >= 4 is 40.2 Å². The summed E-state index contributed by atoms with van der Waals surface area (Å²) in [4.78, 5) is 34.0. The summed E-state index contributed by atoms with van der Waals surface area (Å²) in [5.41, 5.74) is 6.27. The first kappa shape index (κ1) is 19.7. The van der Waals surface area contributed by atoms with E-state index in [1.165, 1.54) is 0 Å². The molecule has 0 saturated carbocycles. The molecule has 1 aliphatic heterocycles. The lowest BCUT2D eigenvalue weighted by Gasteiger charge is -2.23. The molecule has 9 heteroatoms. The molecule has 1 amide bonds. The minimum absolute atomic E-state index is 0.0402. The highest BCUT2D eigenvalue weighted by atomic mass is 35.5. The SMILES string of the molecule is NCC1CCCN1C(=O)Oc1ccc(Cl)cc1-c1nc2ccc(Cl)cc2c(=O)[nH]1. The smallest absolute Gasteiger partial charge is 0.409 e. The molecule has 2 heterocycles. The summed E-state index contributed by atoms with van der Waals surface area (Å²) in [6, 6.07) is 9.59. The van der Waals surface area contributed by atoms with Crippen LogP contribution in [-0.4, -0.2) is 40.1 Å². The Morgan fingerprint density at radius 3 is 2.79 bits per heavy atom. The quantitative estimate of drug-likeness (QED) is 0.654. The van der Waals surface area contributed by atoms with Crippen LogP contribution in [0.2, 0.25) is 10.0 Å². The first-order valence-electron chi connectivity index (χ1n) is 9.14. The van der Waals surface area contributed by atoms with Gasteiger partial charge in [0.25, 0.3) is 5.56 Å². The number of aromatic nitrogens is 2. The number of ether oxygens (including phenoxy) is 1. The number of amides is 1. The molecule has 3 aromatic rings. The highest BCUT2D eigenvalue weighted by Gasteiger charge is 2.29. The van der Waals surface area contributed by atoms with E-state index >= 15 is 0 Å². The van der Waals surface area contributed by atoms with Crippen molar-refractivity contribution in [1.82, 2.24) is 14.9 Å². The molecule has 0 radical (unpaired) electrons. The van der Waals surface area contributed by atoms with E-state index in [4.69, 9.17) is 33.7 Å². The number of aromatic amines is 1. The van der Waals surface area contributed by atoms with Crippen LogP contribution in [0.1, 0.15) is 12.8 Å². The fourth-order valence-corrected chi connectivity index (χ4v) is 3.83. The Hall–Kier alpha value is -2.61. The Bertz CT molecular complexity index is 1150. The van der Waals surface area contributed by atoms with Crippen molar-refractivity contribution in [2.45, 2.75) is 18.9 Å². The van der Waals surface area contributed by atoms with Crippen molar-refractivity contribution in [1.29, 1.82) is 0 Å². The first-order chi connectivity index (χ1) is 14.0. The standard InChI is InChI=1S/C20H18Cl2N4O3/c21-11-3-5-16-14(8-11)19(27)25-18(24-16)15-9-12(22)4-6-17(15)29-20(28)26-7-1-2-13(26)10-23/h3-6,8-9,13H,1-2,7,10,23H2,(H,24,25,27). The van der Waals surface area contributed by atoms with Crippen LogP contribution >= 0.6 is 23.2 Å². The highest BCUT2D eigenvalue weighted by Crippen LogP contribution is 2.32. The number of nitrogens with one attached hydrogen (secondary N) is 1. The van der Waals surface area contributed by atoms with E-state index in [2.05, 4.69) is 9.97 Å². The Balaban J connectivity index is 1.74. The molecule has 29 heavy (non-hydrogen) atoms. The second kappa shape index (κ2) is 8.02. The fourth-order valence-electron chi connectivity index (χ4n) is 3.49. The maximum atomic E-state index is 12.7. The van der Waals surface area contributed by atoms with E-state index < -0.39 is 6.09 Å². The summed E-state index contributed by atoms with van der Waals surface area (Å²) < 4.78 is 5.63.